The van der Waals surface area contributed by atoms with Gasteiger partial charge >= 0.3 is 6.18 Å². The molecule has 0 amide bonds. The molecule has 0 bridgehead atoms. The monoisotopic (exact) mass is 500 g/mol. The number of aryl methyl sites for hydroxylation is 1. The van der Waals surface area contributed by atoms with Crippen LogP contribution in [0, 0.1) is 6.92 Å². The molecule has 1 N–H and O–H groups in total. The predicted octanol–water partition coefficient (Wildman–Crippen LogP) is 4.14. The number of aromatic nitrogens is 4. The van der Waals surface area contributed by atoms with Crippen molar-refractivity contribution in [1.29, 1.82) is 0 Å². The number of nitrogens with zero attached hydrogens (tertiary/aromatic N) is 7. The Morgan fingerprint density at radius 1 is 1.14 bits per heavy atom. The lowest BCUT2D eigenvalue weighted by Gasteiger charge is -2.29. The molecule has 188 valence electrons. The van der Waals surface area contributed by atoms with Crippen molar-refractivity contribution >= 4 is 12.2 Å². The van der Waals surface area contributed by atoms with E-state index in [1.54, 1.807) is 6.20 Å². The number of benzene rings is 1. The van der Waals surface area contributed by atoms with Crippen LogP contribution < -0.4 is 5.32 Å². The lowest BCUT2D eigenvalue weighted by atomic mass is 10.0. The van der Waals surface area contributed by atoms with Gasteiger partial charge in [-0.1, -0.05) is 30.8 Å². The highest BCUT2D eigenvalue weighted by Crippen LogP contribution is 2.29. The molecule has 0 fully saturated rings. The van der Waals surface area contributed by atoms with Crippen LogP contribution in [0.25, 0.3) is 11.1 Å². The summed E-state index contributed by atoms with van der Waals surface area (Å²) in [6.07, 6.45) is -1.65. The number of nitrogens with one attached hydrogen (secondary N) is 1. The fourth-order valence-electron chi connectivity index (χ4n) is 3.74. The van der Waals surface area contributed by atoms with Crippen LogP contribution in [0.15, 0.2) is 65.0 Å². The molecule has 0 radical (unpaired) electrons. The van der Waals surface area contributed by atoms with Crippen LogP contribution in [0.5, 0.6) is 0 Å². The molecular weight excluding hydrogens is 476 g/mol. The molecule has 3 aromatic rings. The lowest BCUT2D eigenvalue weighted by Crippen LogP contribution is -2.40. The van der Waals surface area contributed by atoms with Gasteiger partial charge in [-0.05, 0) is 35.7 Å². The third-order valence-electron chi connectivity index (χ3n) is 5.59. The van der Waals surface area contributed by atoms with Gasteiger partial charge in [-0.2, -0.15) is 13.2 Å². The van der Waals surface area contributed by atoms with Gasteiger partial charge in [0.1, 0.15) is 24.7 Å². The van der Waals surface area contributed by atoms with E-state index in [1.807, 2.05) is 43.3 Å². The summed E-state index contributed by atoms with van der Waals surface area (Å²) in [4.78, 5) is 13.8. The minimum absolute atomic E-state index is 0.0266. The molecule has 2 aromatic heterocycles. The normalized spacial score (nSPS) is 14.2. The molecule has 1 aliphatic heterocycles. The zero-order valence-corrected chi connectivity index (χ0v) is 19.5. The smallest absolute Gasteiger partial charge is 0.366 e. The van der Waals surface area contributed by atoms with Gasteiger partial charge < -0.3 is 14.8 Å². The maximum Gasteiger partial charge on any atom is 0.451 e. The van der Waals surface area contributed by atoms with Crippen molar-refractivity contribution in [3.05, 3.63) is 77.9 Å². The average molecular weight is 501 g/mol. The highest BCUT2D eigenvalue weighted by Gasteiger charge is 2.39. The van der Waals surface area contributed by atoms with Gasteiger partial charge in [0, 0.05) is 31.5 Å². The van der Waals surface area contributed by atoms with Gasteiger partial charge in [0.2, 0.25) is 5.82 Å². The first-order valence-electron chi connectivity index (χ1n) is 11.1. The van der Waals surface area contributed by atoms with E-state index in [4.69, 9.17) is 0 Å². The largest absolute Gasteiger partial charge is 0.451 e. The molecule has 0 spiro atoms. The zero-order chi connectivity index (χ0) is 25.7. The fourth-order valence-corrected chi connectivity index (χ4v) is 3.74. The van der Waals surface area contributed by atoms with Gasteiger partial charge in [-0.3, -0.25) is 4.98 Å². The van der Waals surface area contributed by atoms with E-state index < -0.39 is 18.7 Å². The highest BCUT2D eigenvalue weighted by atomic mass is 19.4. The number of hydrogen-bond acceptors (Lipinski definition) is 5. The van der Waals surface area contributed by atoms with Gasteiger partial charge in [-0.25, -0.2) is 14.4 Å². The van der Waals surface area contributed by atoms with Gasteiger partial charge in [0.05, 0.1) is 6.54 Å². The fraction of sp³-hybridized carbons (Fsp3) is 0.292. The molecule has 4 rings (SSSR count). The third kappa shape index (κ3) is 5.93. The summed E-state index contributed by atoms with van der Waals surface area (Å²) in [6, 6.07) is 12.0. The molecule has 0 saturated heterocycles. The first-order valence-corrected chi connectivity index (χ1v) is 11.1. The van der Waals surface area contributed by atoms with Crippen molar-refractivity contribution < 1.29 is 17.6 Å². The second-order valence-corrected chi connectivity index (χ2v) is 8.12. The Bertz CT molecular complexity index is 1280. The van der Waals surface area contributed by atoms with Gasteiger partial charge in [-0.15, -0.1) is 10.2 Å². The van der Waals surface area contributed by atoms with Gasteiger partial charge in [0.25, 0.3) is 0 Å². The summed E-state index contributed by atoms with van der Waals surface area (Å²) in [6.45, 7) is 5.41. The molecule has 1 aromatic carbocycles. The zero-order valence-electron chi connectivity index (χ0n) is 19.5. The van der Waals surface area contributed by atoms with Crippen LogP contribution in [0.4, 0.5) is 17.6 Å². The SMILES string of the molecule is C=C(N=CN=C(CF)N1CCn2c(nnc2C(F)(F)F)C1)NCc1ccc(-c2ccnc(C)c2)cc1. The average Bonchev–Trinajstić information content (AvgIpc) is 3.30. The minimum Gasteiger partial charge on any atom is -0.366 e. The Balaban J connectivity index is 1.31. The third-order valence-corrected chi connectivity index (χ3v) is 5.59. The molecule has 0 unspecified atom stereocenters. The van der Waals surface area contributed by atoms with Crippen molar-refractivity contribution in [1.82, 2.24) is 30.0 Å². The summed E-state index contributed by atoms with van der Waals surface area (Å²) in [5.74, 6) is -0.583. The number of rotatable bonds is 7. The Kier molecular flexibility index (Phi) is 7.41. The second-order valence-electron chi connectivity index (χ2n) is 8.12. The highest BCUT2D eigenvalue weighted by molar-refractivity contribution is 5.89. The molecular formula is C24H24F4N8. The molecule has 1 aliphatic rings. The Morgan fingerprint density at radius 2 is 1.92 bits per heavy atom. The number of aliphatic imine (C=N–C) groups is 2. The van der Waals surface area contributed by atoms with E-state index in [0.717, 1.165) is 27.0 Å². The number of amidine groups is 1. The minimum atomic E-state index is -4.59. The number of halogens is 4. The predicted molar refractivity (Wildman–Crippen MR) is 128 cm³/mol. The first kappa shape index (κ1) is 25.0. The lowest BCUT2D eigenvalue weighted by molar-refractivity contribution is -0.147. The van der Waals surface area contributed by atoms with E-state index in [2.05, 4.69) is 37.1 Å². The van der Waals surface area contributed by atoms with E-state index in [-0.39, 0.29) is 31.3 Å². The molecule has 0 aliphatic carbocycles. The van der Waals surface area contributed by atoms with Crippen molar-refractivity contribution in [2.24, 2.45) is 9.98 Å². The molecule has 8 nitrogen and oxygen atoms in total. The number of hydrogen-bond donors (Lipinski definition) is 1. The van der Waals surface area contributed by atoms with Gasteiger partial charge in [0.15, 0.2) is 5.82 Å². The van der Waals surface area contributed by atoms with Crippen LogP contribution in [0.1, 0.15) is 22.9 Å². The maximum atomic E-state index is 13.6. The molecule has 36 heavy (non-hydrogen) atoms. The summed E-state index contributed by atoms with van der Waals surface area (Å²) in [5.41, 5.74) is 4.14. The van der Waals surface area contributed by atoms with Crippen LogP contribution in [0.2, 0.25) is 0 Å². The number of alkyl halides is 4. The molecule has 3 heterocycles. The van der Waals surface area contributed by atoms with Crippen LogP contribution in [-0.4, -0.2) is 50.0 Å². The van der Waals surface area contributed by atoms with E-state index in [9.17, 15) is 17.6 Å². The van der Waals surface area contributed by atoms with Crippen LogP contribution in [0.3, 0.4) is 0 Å². The summed E-state index contributed by atoms with van der Waals surface area (Å²) < 4.78 is 53.6. The summed E-state index contributed by atoms with van der Waals surface area (Å²) in [7, 11) is 0. The number of pyridine rings is 1. The molecule has 12 heteroatoms. The van der Waals surface area contributed by atoms with Crippen LogP contribution >= 0.6 is 0 Å². The quantitative estimate of drug-likeness (QED) is 0.300. The van der Waals surface area contributed by atoms with Crippen molar-refractivity contribution in [3.8, 4) is 11.1 Å². The van der Waals surface area contributed by atoms with Crippen molar-refractivity contribution in [2.75, 3.05) is 13.2 Å². The van der Waals surface area contributed by atoms with E-state index in [0.29, 0.717) is 12.4 Å². The standard InChI is InChI=1S/C24H24F4N8/c1-16-11-20(7-8-29-16)19-5-3-18(4-6-19)13-30-17(2)31-15-32-21(12-25)35-9-10-36-22(14-35)33-34-23(36)24(26,27)28/h3-8,11,15,30H,2,9-10,12-14H2,1H3. The summed E-state index contributed by atoms with van der Waals surface area (Å²) in [5, 5.41) is 9.87. The van der Waals surface area contributed by atoms with Crippen molar-refractivity contribution in [2.45, 2.75) is 32.7 Å². The Labute approximate surface area is 205 Å². The van der Waals surface area contributed by atoms with Crippen LogP contribution in [-0.2, 0) is 25.8 Å². The second kappa shape index (κ2) is 10.7. The topological polar surface area (TPSA) is 83.6 Å². The molecule has 0 saturated carbocycles. The molecule has 0 atom stereocenters. The van der Waals surface area contributed by atoms with E-state index >= 15 is 0 Å². The first-order chi connectivity index (χ1) is 17.2. The van der Waals surface area contributed by atoms with E-state index in [1.165, 1.54) is 11.2 Å². The number of fused-ring (bicyclic) bond motifs is 1. The van der Waals surface area contributed by atoms with Crippen molar-refractivity contribution in [3.63, 3.8) is 0 Å². The summed E-state index contributed by atoms with van der Waals surface area (Å²) >= 11 is 0. The Hall–Kier alpha value is -4.09. The maximum absolute atomic E-state index is 13.6. The Morgan fingerprint density at radius 3 is 2.61 bits per heavy atom.